The van der Waals surface area contributed by atoms with Gasteiger partial charge in [-0.2, -0.15) is 0 Å². The highest BCUT2D eigenvalue weighted by Gasteiger charge is 2.10. The van der Waals surface area contributed by atoms with E-state index in [0.717, 1.165) is 41.0 Å². The van der Waals surface area contributed by atoms with Gasteiger partial charge in [-0.1, -0.05) is 6.92 Å². The number of hydrogen-bond acceptors (Lipinski definition) is 3. The summed E-state index contributed by atoms with van der Waals surface area (Å²) < 4.78 is 19.6. The van der Waals surface area contributed by atoms with Crippen molar-refractivity contribution in [1.29, 1.82) is 0 Å². The number of rotatable bonds is 6. The molecule has 0 fully saturated rings. The molecule has 1 aromatic heterocycles. The summed E-state index contributed by atoms with van der Waals surface area (Å²) in [6, 6.07) is 4.65. The lowest BCUT2D eigenvalue weighted by Gasteiger charge is -2.01. The van der Waals surface area contributed by atoms with Crippen molar-refractivity contribution >= 4 is 22.6 Å². The number of aromatic nitrogens is 1. The van der Waals surface area contributed by atoms with Gasteiger partial charge in [0.15, 0.2) is 11.7 Å². The van der Waals surface area contributed by atoms with Gasteiger partial charge in [0.2, 0.25) is 0 Å². The van der Waals surface area contributed by atoms with E-state index in [1.54, 1.807) is 12.3 Å². The van der Waals surface area contributed by atoms with Gasteiger partial charge in [-0.05, 0) is 60.3 Å². The molecule has 2 rings (SSSR count). The number of hydrogen-bond donors (Lipinski definition) is 1. The van der Waals surface area contributed by atoms with Crippen molar-refractivity contribution in [2.45, 2.75) is 19.8 Å². The summed E-state index contributed by atoms with van der Waals surface area (Å²) in [4.78, 5) is 4.26. The average molecular weight is 374 g/mol. The van der Waals surface area contributed by atoms with Crippen LogP contribution in [0.3, 0.4) is 0 Å². The van der Waals surface area contributed by atoms with Crippen molar-refractivity contribution < 1.29 is 8.81 Å². The molecule has 0 aliphatic heterocycles. The van der Waals surface area contributed by atoms with Gasteiger partial charge in [-0.3, -0.25) is 0 Å². The minimum absolute atomic E-state index is 0.237. The molecule has 0 saturated heterocycles. The minimum Gasteiger partial charge on any atom is -0.441 e. The molecule has 1 N–H and O–H groups in total. The molecule has 0 amide bonds. The summed E-state index contributed by atoms with van der Waals surface area (Å²) in [5, 5.41) is 3.26. The highest BCUT2D eigenvalue weighted by Crippen LogP contribution is 2.26. The molecule has 0 atom stereocenters. The lowest BCUT2D eigenvalue weighted by atomic mass is 10.2. The van der Waals surface area contributed by atoms with E-state index in [9.17, 15) is 4.39 Å². The highest BCUT2D eigenvalue weighted by atomic mass is 127. The summed E-state index contributed by atoms with van der Waals surface area (Å²) in [6.07, 6.45) is 3.51. The topological polar surface area (TPSA) is 38.1 Å². The van der Waals surface area contributed by atoms with Crippen LogP contribution in [0, 0.1) is 9.39 Å². The maximum atomic E-state index is 13.0. The van der Waals surface area contributed by atoms with E-state index in [0.29, 0.717) is 5.76 Å². The molecule has 1 heterocycles. The molecule has 0 bridgehead atoms. The van der Waals surface area contributed by atoms with Crippen LogP contribution in [-0.4, -0.2) is 18.1 Å². The molecule has 5 heteroatoms. The summed E-state index contributed by atoms with van der Waals surface area (Å²) in [6.45, 7) is 4.02. The quantitative estimate of drug-likeness (QED) is 0.620. The molecule has 0 unspecified atom stereocenters. The molecule has 19 heavy (non-hydrogen) atoms. The fourth-order valence-corrected chi connectivity index (χ4v) is 2.52. The zero-order valence-corrected chi connectivity index (χ0v) is 12.9. The molecule has 2 aromatic rings. The molecule has 102 valence electrons. The molecular formula is C14H16FIN2O. The third kappa shape index (κ3) is 4.01. The van der Waals surface area contributed by atoms with Crippen molar-refractivity contribution in [2.75, 3.05) is 13.1 Å². The van der Waals surface area contributed by atoms with Gasteiger partial charge in [-0.25, -0.2) is 9.37 Å². The second kappa shape index (κ2) is 7.00. The van der Waals surface area contributed by atoms with Gasteiger partial charge in [0.1, 0.15) is 5.82 Å². The number of aryl methyl sites for hydroxylation is 1. The molecule has 3 nitrogen and oxygen atoms in total. The SMILES string of the molecule is CCNCCCc1ncc(-c2ccc(F)cc2I)o1. The Balaban J connectivity index is 2.04. The summed E-state index contributed by atoms with van der Waals surface area (Å²) >= 11 is 2.10. The van der Waals surface area contributed by atoms with Gasteiger partial charge in [0.25, 0.3) is 0 Å². The second-order valence-electron chi connectivity index (χ2n) is 4.20. The third-order valence-electron chi connectivity index (χ3n) is 2.74. The van der Waals surface area contributed by atoms with E-state index in [1.165, 1.54) is 12.1 Å². The van der Waals surface area contributed by atoms with E-state index in [2.05, 4.69) is 39.8 Å². The minimum atomic E-state index is -0.237. The van der Waals surface area contributed by atoms with E-state index in [4.69, 9.17) is 4.42 Å². The Hall–Kier alpha value is -0.950. The van der Waals surface area contributed by atoms with Crippen LogP contribution in [0.5, 0.6) is 0 Å². The van der Waals surface area contributed by atoms with Gasteiger partial charge in [-0.15, -0.1) is 0 Å². The normalized spacial score (nSPS) is 10.9. The van der Waals surface area contributed by atoms with Crippen molar-refractivity contribution in [1.82, 2.24) is 10.3 Å². The van der Waals surface area contributed by atoms with Crippen molar-refractivity contribution in [3.8, 4) is 11.3 Å². The number of nitrogens with one attached hydrogen (secondary N) is 1. The smallest absolute Gasteiger partial charge is 0.194 e. The fourth-order valence-electron chi connectivity index (χ4n) is 1.78. The fraction of sp³-hybridized carbons (Fsp3) is 0.357. The average Bonchev–Trinajstić information content (AvgIpc) is 2.83. The van der Waals surface area contributed by atoms with E-state index in [1.807, 2.05) is 0 Å². The second-order valence-corrected chi connectivity index (χ2v) is 5.36. The maximum Gasteiger partial charge on any atom is 0.194 e. The Morgan fingerprint density at radius 3 is 3.00 bits per heavy atom. The maximum absolute atomic E-state index is 13.0. The van der Waals surface area contributed by atoms with Crippen molar-refractivity contribution in [3.05, 3.63) is 39.7 Å². The van der Waals surface area contributed by atoms with E-state index < -0.39 is 0 Å². The molecule has 0 saturated carbocycles. The Labute approximate surface area is 125 Å². The van der Waals surface area contributed by atoms with Gasteiger partial charge in [0.05, 0.1) is 6.20 Å². The molecule has 1 aromatic carbocycles. The molecular weight excluding hydrogens is 358 g/mol. The van der Waals surface area contributed by atoms with Crippen LogP contribution in [0.4, 0.5) is 4.39 Å². The Morgan fingerprint density at radius 1 is 1.42 bits per heavy atom. The highest BCUT2D eigenvalue weighted by molar-refractivity contribution is 14.1. The van der Waals surface area contributed by atoms with Gasteiger partial charge >= 0.3 is 0 Å². The first-order valence-corrected chi connectivity index (χ1v) is 7.39. The monoisotopic (exact) mass is 374 g/mol. The van der Waals surface area contributed by atoms with Crippen LogP contribution in [-0.2, 0) is 6.42 Å². The molecule has 0 aliphatic carbocycles. The first kappa shape index (κ1) is 14.5. The Kier molecular flexibility index (Phi) is 5.33. The zero-order valence-electron chi connectivity index (χ0n) is 10.7. The summed E-state index contributed by atoms with van der Waals surface area (Å²) in [5.74, 6) is 1.19. The largest absolute Gasteiger partial charge is 0.441 e. The number of benzene rings is 1. The first-order chi connectivity index (χ1) is 9.20. The lowest BCUT2D eigenvalue weighted by Crippen LogP contribution is -2.14. The third-order valence-corrected chi connectivity index (χ3v) is 3.64. The van der Waals surface area contributed by atoms with Gasteiger partial charge in [0, 0.05) is 15.6 Å². The van der Waals surface area contributed by atoms with Gasteiger partial charge < -0.3 is 9.73 Å². The van der Waals surface area contributed by atoms with Crippen molar-refractivity contribution in [3.63, 3.8) is 0 Å². The van der Waals surface area contributed by atoms with Crippen LogP contribution in [0.25, 0.3) is 11.3 Å². The Morgan fingerprint density at radius 2 is 2.26 bits per heavy atom. The van der Waals surface area contributed by atoms with Crippen LogP contribution >= 0.6 is 22.6 Å². The molecule has 0 spiro atoms. The van der Waals surface area contributed by atoms with Crippen LogP contribution in [0.2, 0.25) is 0 Å². The van der Waals surface area contributed by atoms with Crippen molar-refractivity contribution in [2.24, 2.45) is 0 Å². The Bertz CT molecular complexity index is 542. The van der Waals surface area contributed by atoms with Crippen LogP contribution < -0.4 is 5.32 Å². The molecule has 0 radical (unpaired) electrons. The lowest BCUT2D eigenvalue weighted by molar-refractivity contribution is 0.493. The summed E-state index contributed by atoms with van der Waals surface area (Å²) in [7, 11) is 0. The number of halogens is 2. The standard InChI is InChI=1S/C14H16FIN2O/c1-2-17-7-3-4-14-18-9-13(19-14)11-6-5-10(15)8-12(11)16/h5-6,8-9,17H,2-4,7H2,1H3. The predicted molar refractivity (Wildman–Crippen MR) is 81.5 cm³/mol. The van der Waals surface area contributed by atoms with Crippen LogP contribution in [0.1, 0.15) is 19.2 Å². The first-order valence-electron chi connectivity index (χ1n) is 6.31. The van der Waals surface area contributed by atoms with Crippen LogP contribution in [0.15, 0.2) is 28.8 Å². The zero-order chi connectivity index (χ0) is 13.7. The molecule has 0 aliphatic rings. The number of nitrogens with zero attached hydrogens (tertiary/aromatic N) is 1. The van der Waals surface area contributed by atoms with E-state index in [-0.39, 0.29) is 5.82 Å². The van der Waals surface area contributed by atoms with E-state index >= 15 is 0 Å². The summed E-state index contributed by atoms with van der Waals surface area (Å²) in [5.41, 5.74) is 0.882. The number of oxazole rings is 1. The predicted octanol–water partition coefficient (Wildman–Crippen LogP) is 3.63.